The van der Waals surface area contributed by atoms with Crippen LogP contribution in [0.3, 0.4) is 0 Å². The second-order valence-electron chi connectivity index (χ2n) is 17.5. The standard InChI is InChI=1S/C49H81N11O17/c1-40-53-55-49(56-54-40)42-7-5-41(6-8-42)35-52-44(62)4-2-3-43(61)50-9-19-70-21-23-72-25-27-74-29-31-76-33-34-77-32-30-75-28-26-73-24-22-71-20-10-51-45(63)36-57-11-13-58(37-46(64)65)15-17-60(39-48(68)69)18-16-59(14-12-57)38-47(66)67/h5-8H,2-4,9-39H2,1H3,(H,50,61)(H,51,63)(H,52,62)(H,64,65)(H,66,67)(H,68,69). The highest BCUT2D eigenvalue weighted by Gasteiger charge is 2.21. The van der Waals surface area contributed by atoms with Crippen LogP contribution in [-0.4, -0.2) is 288 Å². The van der Waals surface area contributed by atoms with E-state index in [-0.39, 0.29) is 69.9 Å². The fraction of sp³-hybridized carbons (Fsp3) is 0.714. The van der Waals surface area contributed by atoms with Crippen molar-refractivity contribution in [3.05, 3.63) is 35.7 Å². The van der Waals surface area contributed by atoms with Gasteiger partial charge in [-0.1, -0.05) is 24.3 Å². The molecule has 28 heteroatoms. The van der Waals surface area contributed by atoms with Gasteiger partial charge >= 0.3 is 17.9 Å². The predicted molar refractivity (Wildman–Crippen MR) is 275 cm³/mol. The number of aryl methyl sites for hydroxylation is 1. The van der Waals surface area contributed by atoms with Crippen molar-refractivity contribution in [3.63, 3.8) is 0 Å². The summed E-state index contributed by atoms with van der Waals surface area (Å²) in [7, 11) is 0. The zero-order valence-corrected chi connectivity index (χ0v) is 44.5. The van der Waals surface area contributed by atoms with Gasteiger partial charge in [0.2, 0.25) is 23.5 Å². The fourth-order valence-electron chi connectivity index (χ4n) is 7.16. The molecule has 0 aliphatic carbocycles. The van der Waals surface area contributed by atoms with Crippen LogP contribution < -0.4 is 16.0 Å². The van der Waals surface area contributed by atoms with Crippen LogP contribution in [0.4, 0.5) is 0 Å². The predicted octanol–water partition coefficient (Wildman–Crippen LogP) is -2.13. The molecule has 1 aromatic heterocycles. The second-order valence-corrected chi connectivity index (χ2v) is 17.5. The van der Waals surface area contributed by atoms with Gasteiger partial charge in [0, 0.05) is 90.4 Å². The van der Waals surface area contributed by atoms with E-state index in [1.807, 2.05) is 29.2 Å². The van der Waals surface area contributed by atoms with Gasteiger partial charge in [-0.25, -0.2) is 0 Å². The first kappa shape index (κ1) is 65.8. The molecule has 2 aromatic rings. The zero-order valence-electron chi connectivity index (χ0n) is 44.5. The lowest BCUT2D eigenvalue weighted by atomic mass is 10.1. The minimum Gasteiger partial charge on any atom is -0.480 e. The number of benzene rings is 1. The van der Waals surface area contributed by atoms with E-state index < -0.39 is 17.9 Å². The average Bonchev–Trinajstić information content (AvgIpc) is 3.39. The van der Waals surface area contributed by atoms with Crippen molar-refractivity contribution in [1.82, 2.24) is 55.9 Å². The minimum atomic E-state index is -1.03. The summed E-state index contributed by atoms with van der Waals surface area (Å²) >= 11 is 0. The number of carboxylic acid groups (broad SMARTS) is 3. The number of aliphatic carboxylic acids is 3. The zero-order chi connectivity index (χ0) is 55.6. The van der Waals surface area contributed by atoms with Crippen molar-refractivity contribution < 1.29 is 82.0 Å². The third-order valence-corrected chi connectivity index (χ3v) is 11.2. The van der Waals surface area contributed by atoms with Gasteiger partial charge in [-0.3, -0.25) is 48.4 Å². The van der Waals surface area contributed by atoms with Crippen LogP contribution in [0, 0.1) is 6.92 Å². The molecule has 1 aromatic carbocycles. The molecule has 1 saturated heterocycles. The summed E-state index contributed by atoms with van der Waals surface area (Å²) in [5, 5.41) is 52.5. The fourth-order valence-corrected chi connectivity index (χ4v) is 7.16. The monoisotopic (exact) mass is 1100 g/mol. The number of nitrogens with one attached hydrogen (secondary N) is 3. The van der Waals surface area contributed by atoms with Gasteiger partial charge in [-0.05, 0) is 18.9 Å². The molecule has 1 aliphatic rings. The Bertz CT molecular complexity index is 1910. The molecule has 0 radical (unpaired) electrons. The van der Waals surface area contributed by atoms with Crippen molar-refractivity contribution in [3.8, 4) is 11.4 Å². The lowest BCUT2D eigenvalue weighted by molar-refractivity contribution is -0.140. The molecule has 0 saturated carbocycles. The van der Waals surface area contributed by atoms with E-state index in [1.54, 1.807) is 21.6 Å². The van der Waals surface area contributed by atoms with Crippen LogP contribution >= 0.6 is 0 Å². The van der Waals surface area contributed by atoms with Gasteiger partial charge in [0.25, 0.3) is 0 Å². The smallest absolute Gasteiger partial charge is 0.317 e. The molecular formula is C49H81N11O17. The summed E-state index contributed by atoms with van der Waals surface area (Å²) in [6.45, 7) is 10.7. The molecule has 3 amide bonds. The van der Waals surface area contributed by atoms with Gasteiger partial charge in [0.1, 0.15) is 0 Å². The van der Waals surface area contributed by atoms with Gasteiger partial charge in [-0.2, -0.15) is 0 Å². The highest BCUT2D eigenvalue weighted by molar-refractivity contribution is 5.79. The van der Waals surface area contributed by atoms with Gasteiger partial charge in [-0.15, -0.1) is 20.4 Å². The second kappa shape index (κ2) is 42.5. The normalized spacial score (nSPS) is 14.4. The number of hydrogen-bond acceptors (Lipinski definition) is 22. The third-order valence-electron chi connectivity index (χ3n) is 11.2. The lowest BCUT2D eigenvalue weighted by Gasteiger charge is -2.32. The van der Waals surface area contributed by atoms with Gasteiger partial charge in [0.15, 0.2) is 5.82 Å². The van der Waals surface area contributed by atoms with Crippen LogP contribution in [0.1, 0.15) is 30.7 Å². The summed E-state index contributed by atoms with van der Waals surface area (Å²) in [6.07, 6.45) is 0.921. The first-order valence-electron chi connectivity index (χ1n) is 26.0. The van der Waals surface area contributed by atoms with Crippen molar-refractivity contribution in [2.45, 2.75) is 32.7 Å². The Kier molecular flexibility index (Phi) is 36.3. The summed E-state index contributed by atoms with van der Waals surface area (Å²) in [4.78, 5) is 78.5. The molecule has 1 fully saturated rings. The Morgan fingerprint density at radius 1 is 0.429 bits per heavy atom. The van der Waals surface area contributed by atoms with Gasteiger partial charge in [0.05, 0.1) is 132 Å². The molecule has 2 heterocycles. The summed E-state index contributed by atoms with van der Waals surface area (Å²) in [6, 6.07) is 7.44. The van der Waals surface area contributed by atoms with Crippen LogP contribution in [-0.2, 0) is 73.2 Å². The van der Waals surface area contributed by atoms with E-state index in [0.717, 1.165) is 11.1 Å². The number of ether oxygens (including phenoxy) is 8. The van der Waals surface area contributed by atoms with E-state index in [4.69, 9.17) is 37.9 Å². The molecule has 0 atom stereocenters. The summed E-state index contributed by atoms with van der Waals surface area (Å²) < 4.78 is 44.1. The van der Waals surface area contributed by atoms with Crippen LogP contribution in [0.2, 0.25) is 0 Å². The Hall–Kier alpha value is -5.50. The topological polar surface area (TPSA) is 338 Å². The molecule has 3 rings (SSSR count). The van der Waals surface area contributed by atoms with Crippen LogP contribution in [0.25, 0.3) is 11.4 Å². The number of aromatic nitrogens is 4. The summed E-state index contributed by atoms with van der Waals surface area (Å²) in [5.74, 6) is -2.66. The van der Waals surface area contributed by atoms with Gasteiger partial charge < -0.3 is 69.2 Å². The molecule has 6 N–H and O–H groups in total. The Morgan fingerprint density at radius 3 is 1.09 bits per heavy atom. The Labute approximate surface area is 449 Å². The van der Waals surface area contributed by atoms with E-state index in [0.29, 0.717) is 183 Å². The van der Waals surface area contributed by atoms with Crippen LogP contribution in [0.5, 0.6) is 0 Å². The third kappa shape index (κ3) is 35.5. The van der Waals surface area contributed by atoms with E-state index in [1.165, 1.54) is 0 Å². The summed E-state index contributed by atoms with van der Waals surface area (Å²) in [5.41, 5.74) is 1.70. The average molecular weight is 1100 g/mol. The molecular weight excluding hydrogens is 1010 g/mol. The molecule has 28 nitrogen and oxygen atoms in total. The maximum Gasteiger partial charge on any atom is 0.317 e. The van der Waals surface area contributed by atoms with Crippen molar-refractivity contribution in [2.24, 2.45) is 0 Å². The van der Waals surface area contributed by atoms with Crippen LogP contribution in [0.15, 0.2) is 24.3 Å². The molecule has 1 aliphatic heterocycles. The molecule has 0 unspecified atom stereocenters. The Morgan fingerprint density at radius 2 is 0.740 bits per heavy atom. The molecule has 434 valence electrons. The molecule has 0 bridgehead atoms. The van der Waals surface area contributed by atoms with E-state index in [2.05, 4.69) is 36.3 Å². The first-order valence-corrected chi connectivity index (χ1v) is 26.0. The van der Waals surface area contributed by atoms with Crippen molar-refractivity contribution in [1.29, 1.82) is 0 Å². The minimum absolute atomic E-state index is 0.0228. The number of hydrogen-bond donors (Lipinski definition) is 6. The van der Waals surface area contributed by atoms with Crippen molar-refractivity contribution >= 4 is 35.6 Å². The number of carbonyl (C=O) groups is 6. The van der Waals surface area contributed by atoms with E-state index >= 15 is 0 Å². The Balaban J connectivity index is 1.03. The highest BCUT2D eigenvalue weighted by atomic mass is 16.6. The molecule has 77 heavy (non-hydrogen) atoms. The lowest BCUT2D eigenvalue weighted by Crippen LogP contribution is -2.50. The number of rotatable bonds is 42. The maximum absolute atomic E-state index is 12.8. The number of nitrogens with zero attached hydrogens (tertiary/aromatic N) is 8. The quantitative estimate of drug-likeness (QED) is 0.0387. The number of carbonyl (C=O) groups excluding carboxylic acids is 3. The largest absolute Gasteiger partial charge is 0.480 e. The SMILES string of the molecule is Cc1nnc(-c2ccc(CNC(=O)CCCC(=O)NCCOCCOCCOCCOCCOCCOCCOCCOCCNC(=O)CN3CCN(CC(=O)O)CCN(CC(=O)O)CCN(CC(=O)O)CC3)cc2)nn1. The first-order chi connectivity index (χ1) is 37.4. The van der Waals surface area contributed by atoms with Crippen molar-refractivity contribution in [2.75, 3.05) is 197 Å². The van der Waals surface area contributed by atoms with E-state index in [9.17, 15) is 44.1 Å². The highest BCUT2D eigenvalue weighted by Crippen LogP contribution is 2.14. The maximum atomic E-state index is 12.8. The molecule has 0 spiro atoms. The number of amides is 3. The number of carboxylic acids is 3.